The van der Waals surface area contributed by atoms with Gasteiger partial charge in [0.05, 0.1) is 52.9 Å². The zero-order valence-corrected chi connectivity index (χ0v) is 27.3. The van der Waals surface area contributed by atoms with Gasteiger partial charge in [0.2, 0.25) is 0 Å². The summed E-state index contributed by atoms with van der Waals surface area (Å²) in [7, 11) is 0. The zero-order valence-electron chi connectivity index (χ0n) is 27.3. The van der Waals surface area contributed by atoms with E-state index in [1.54, 1.807) is 0 Å². The first-order valence-electron chi connectivity index (χ1n) is 16.9. The summed E-state index contributed by atoms with van der Waals surface area (Å²) in [6.45, 7) is 10.0. The van der Waals surface area contributed by atoms with Crippen LogP contribution in [0, 0.1) is 0 Å². The van der Waals surface area contributed by atoms with E-state index in [-0.39, 0.29) is 0 Å². The molecule has 0 N–H and O–H groups in total. The van der Waals surface area contributed by atoms with Crippen molar-refractivity contribution in [3.63, 3.8) is 0 Å². The van der Waals surface area contributed by atoms with E-state index in [4.69, 9.17) is 37.9 Å². The molecule has 8 heteroatoms. The molecule has 0 bridgehead atoms. The number of hydrogen-bond donors (Lipinski definition) is 0. The molecule has 8 nitrogen and oxygen atoms in total. The predicted octanol–water partition coefficient (Wildman–Crippen LogP) is 7.23. The van der Waals surface area contributed by atoms with Crippen LogP contribution in [-0.4, -0.2) is 79.3 Å². The van der Waals surface area contributed by atoms with Crippen molar-refractivity contribution in [2.45, 2.75) is 78.1 Å². The quantitative estimate of drug-likeness (QED) is 0.259. The average molecular weight is 617 g/mol. The largest absolute Gasteiger partial charge is 0.487 e. The standard InChI is InChI=1S/C36H56O8/c1-3-5-7-9-11-31-13-15-33-35(29-31)43-27-23-39-19-17-38-22-26-42-34-16-14-32(12-10-8-6-4-2)30-36(34)44-28-24-40-20-18-37-21-25-41-33/h13-16,29-30H,3-12,17-28H2,1-2H3. The molecule has 1 heterocycles. The highest BCUT2D eigenvalue weighted by molar-refractivity contribution is 5.44. The van der Waals surface area contributed by atoms with E-state index in [1.807, 2.05) is 12.1 Å². The molecule has 2 aromatic rings. The molecule has 1 aliphatic heterocycles. The Morgan fingerprint density at radius 3 is 1.09 bits per heavy atom. The number of benzene rings is 2. The third kappa shape index (κ3) is 15.5. The van der Waals surface area contributed by atoms with Crippen molar-refractivity contribution in [2.75, 3.05) is 79.3 Å². The maximum absolute atomic E-state index is 6.08. The monoisotopic (exact) mass is 616 g/mol. The minimum absolute atomic E-state index is 0.431. The van der Waals surface area contributed by atoms with Crippen molar-refractivity contribution >= 4 is 0 Å². The Morgan fingerprint density at radius 1 is 0.386 bits per heavy atom. The minimum Gasteiger partial charge on any atom is -0.487 e. The van der Waals surface area contributed by atoms with Gasteiger partial charge in [0.1, 0.15) is 26.4 Å². The van der Waals surface area contributed by atoms with Crippen molar-refractivity contribution < 1.29 is 37.9 Å². The first-order chi connectivity index (χ1) is 21.8. The molecule has 0 amide bonds. The van der Waals surface area contributed by atoms with Crippen molar-refractivity contribution in [1.29, 1.82) is 0 Å². The second kappa shape index (κ2) is 23.8. The maximum atomic E-state index is 6.08. The number of hydrogen-bond acceptors (Lipinski definition) is 8. The maximum Gasteiger partial charge on any atom is 0.161 e. The molecule has 0 aromatic heterocycles. The minimum atomic E-state index is 0.431. The highest BCUT2D eigenvalue weighted by Crippen LogP contribution is 2.30. The van der Waals surface area contributed by atoms with Gasteiger partial charge < -0.3 is 37.9 Å². The first-order valence-corrected chi connectivity index (χ1v) is 16.9. The van der Waals surface area contributed by atoms with E-state index < -0.39 is 0 Å². The van der Waals surface area contributed by atoms with Crippen LogP contribution in [0.5, 0.6) is 23.0 Å². The average Bonchev–Trinajstić information content (AvgIpc) is 3.04. The van der Waals surface area contributed by atoms with Crippen LogP contribution in [0.1, 0.15) is 76.3 Å². The summed E-state index contributed by atoms with van der Waals surface area (Å²) in [5, 5.41) is 0. The summed E-state index contributed by atoms with van der Waals surface area (Å²) in [4.78, 5) is 0. The van der Waals surface area contributed by atoms with E-state index in [0.717, 1.165) is 35.8 Å². The second-order valence-corrected chi connectivity index (χ2v) is 11.0. The molecule has 0 atom stereocenters. The predicted molar refractivity (Wildman–Crippen MR) is 174 cm³/mol. The fourth-order valence-electron chi connectivity index (χ4n) is 4.88. The number of rotatable bonds is 10. The van der Waals surface area contributed by atoms with Gasteiger partial charge in [-0.15, -0.1) is 0 Å². The van der Waals surface area contributed by atoms with Crippen LogP contribution in [0.3, 0.4) is 0 Å². The van der Waals surface area contributed by atoms with E-state index in [0.29, 0.717) is 79.3 Å². The third-order valence-electron chi connectivity index (χ3n) is 7.34. The fourth-order valence-corrected chi connectivity index (χ4v) is 4.88. The molecule has 0 fully saturated rings. The van der Waals surface area contributed by atoms with Crippen molar-refractivity contribution in [1.82, 2.24) is 0 Å². The van der Waals surface area contributed by atoms with Crippen LogP contribution < -0.4 is 18.9 Å². The second-order valence-electron chi connectivity index (χ2n) is 11.0. The zero-order chi connectivity index (χ0) is 30.9. The number of fused-ring (bicyclic) bond motifs is 2. The molecule has 44 heavy (non-hydrogen) atoms. The smallest absolute Gasteiger partial charge is 0.161 e. The Balaban J connectivity index is 1.49. The summed E-state index contributed by atoms with van der Waals surface area (Å²) in [5.74, 6) is 2.94. The van der Waals surface area contributed by atoms with Crippen LogP contribution in [0.4, 0.5) is 0 Å². The number of aryl methyl sites for hydroxylation is 2. The van der Waals surface area contributed by atoms with E-state index in [2.05, 4.69) is 38.1 Å². The SMILES string of the molecule is CCCCCCc1ccc2c(c1)OCCOCCOCCOc1ccc(CCCCCC)cc1OCCOCCOCCO2. The number of unbranched alkanes of at least 4 members (excludes halogenated alkanes) is 6. The molecule has 0 unspecified atom stereocenters. The lowest BCUT2D eigenvalue weighted by Gasteiger charge is -2.16. The lowest BCUT2D eigenvalue weighted by atomic mass is 10.1. The van der Waals surface area contributed by atoms with E-state index >= 15 is 0 Å². The summed E-state index contributed by atoms with van der Waals surface area (Å²) >= 11 is 0. The van der Waals surface area contributed by atoms with Gasteiger partial charge in [0.15, 0.2) is 23.0 Å². The highest BCUT2D eigenvalue weighted by Gasteiger charge is 2.10. The van der Waals surface area contributed by atoms with Gasteiger partial charge in [0.25, 0.3) is 0 Å². The summed E-state index contributed by atoms with van der Waals surface area (Å²) < 4.78 is 47.2. The Kier molecular flexibility index (Phi) is 19.5. The molecule has 2 aromatic carbocycles. The molecule has 3 rings (SSSR count). The van der Waals surface area contributed by atoms with Crippen molar-refractivity contribution in [3.8, 4) is 23.0 Å². The van der Waals surface area contributed by atoms with Crippen LogP contribution >= 0.6 is 0 Å². The summed E-state index contributed by atoms with van der Waals surface area (Å²) in [6, 6.07) is 12.5. The van der Waals surface area contributed by atoms with Gasteiger partial charge in [-0.3, -0.25) is 0 Å². The summed E-state index contributed by atoms with van der Waals surface area (Å²) in [6.07, 6.45) is 11.9. The molecular formula is C36H56O8. The molecule has 248 valence electrons. The molecule has 0 saturated carbocycles. The van der Waals surface area contributed by atoms with Crippen LogP contribution in [0.15, 0.2) is 36.4 Å². The Morgan fingerprint density at radius 2 is 0.727 bits per heavy atom. The van der Waals surface area contributed by atoms with Gasteiger partial charge in [-0.25, -0.2) is 0 Å². The van der Waals surface area contributed by atoms with Gasteiger partial charge in [-0.2, -0.15) is 0 Å². The summed E-state index contributed by atoms with van der Waals surface area (Å²) in [5.41, 5.74) is 2.52. The Hall–Kier alpha value is -2.52. The highest BCUT2D eigenvalue weighted by atomic mass is 16.6. The molecule has 0 spiro atoms. The van der Waals surface area contributed by atoms with Gasteiger partial charge in [-0.05, 0) is 61.1 Å². The molecular weight excluding hydrogens is 560 g/mol. The molecule has 0 radical (unpaired) electrons. The van der Waals surface area contributed by atoms with E-state index in [1.165, 1.54) is 62.5 Å². The van der Waals surface area contributed by atoms with Gasteiger partial charge in [0, 0.05) is 0 Å². The van der Waals surface area contributed by atoms with E-state index in [9.17, 15) is 0 Å². The molecule has 0 saturated heterocycles. The molecule has 0 aliphatic carbocycles. The number of ether oxygens (including phenoxy) is 8. The fraction of sp³-hybridized carbons (Fsp3) is 0.667. The lowest BCUT2D eigenvalue weighted by molar-refractivity contribution is 0.0223. The Labute approximate surface area is 265 Å². The lowest BCUT2D eigenvalue weighted by Crippen LogP contribution is -2.15. The topological polar surface area (TPSA) is 73.8 Å². The van der Waals surface area contributed by atoms with Gasteiger partial charge >= 0.3 is 0 Å². The Bertz CT molecular complexity index is 919. The van der Waals surface area contributed by atoms with Crippen LogP contribution in [-0.2, 0) is 31.8 Å². The molecule has 1 aliphatic rings. The van der Waals surface area contributed by atoms with Crippen molar-refractivity contribution in [3.05, 3.63) is 47.5 Å². The third-order valence-corrected chi connectivity index (χ3v) is 7.34. The normalized spacial score (nSPS) is 16.6. The van der Waals surface area contributed by atoms with Crippen molar-refractivity contribution in [2.24, 2.45) is 0 Å². The first kappa shape index (κ1) is 36.0. The van der Waals surface area contributed by atoms with Crippen LogP contribution in [0.25, 0.3) is 0 Å². The van der Waals surface area contributed by atoms with Gasteiger partial charge in [-0.1, -0.05) is 64.5 Å². The van der Waals surface area contributed by atoms with Crippen LogP contribution in [0.2, 0.25) is 0 Å².